The minimum atomic E-state index is -4.10. The normalized spacial score (nSPS) is 11.1. The number of phosphoric acid groups is 1. The van der Waals surface area contributed by atoms with Crippen molar-refractivity contribution in [1.29, 1.82) is 0 Å². The lowest BCUT2D eigenvalue weighted by Gasteiger charge is -2.20. The third-order valence-electron chi connectivity index (χ3n) is 3.84. The van der Waals surface area contributed by atoms with Gasteiger partial charge in [-0.25, -0.2) is 4.57 Å². The molecule has 144 valence electrons. The van der Waals surface area contributed by atoms with Crippen molar-refractivity contribution in [1.82, 2.24) is 0 Å². The third kappa shape index (κ3) is 5.30. The Labute approximate surface area is 162 Å². The van der Waals surface area contributed by atoms with E-state index in [4.69, 9.17) is 13.6 Å². The van der Waals surface area contributed by atoms with Gasteiger partial charge in [-0.2, -0.15) is 0 Å². The molecule has 0 amide bonds. The van der Waals surface area contributed by atoms with Crippen molar-refractivity contribution in [3.8, 4) is 11.5 Å². The van der Waals surface area contributed by atoms with E-state index in [1.54, 1.807) is 0 Å². The third-order valence-corrected chi connectivity index (χ3v) is 5.15. The van der Waals surface area contributed by atoms with E-state index in [-0.39, 0.29) is 30.3 Å². The first kappa shape index (κ1) is 19.8. The van der Waals surface area contributed by atoms with Crippen molar-refractivity contribution in [2.45, 2.75) is 13.2 Å². The fourth-order valence-electron chi connectivity index (χ4n) is 2.40. The fourth-order valence-corrected chi connectivity index (χ4v) is 3.59. The van der Waals surface area contributed by atoms with Crippen molar-refractivity contribution in [2.75, 3.05) is 0 Å². The van der Waals surface area contributed by atoms with Crippen molar-refractivity contribution in [3.05, 3.63) is 95.6 Å². The molecule has 0 heterocycles. The monoisotopic (exact) mass is 398 g/mol. The first-order valence-corrected chi connectivity index (χ1v) is 9.99. The maximum absolute atomic E-state index is 13.2. The number of phenolic OH excluding ortho intramolecular Hbond substituents is 1. The summed E-state index contributed by atoms with van der Waals surface area (Å²) in [4.78, 5) is 11.3. The second-order valence-corrected chi connectivity index (χ2v) is 7.46. The van der Waals surface area contributed by atoms with E-state index in [1.165, 1.54) is 18.2 Å². The Kier molecular flexibility index (Phi) is 6.61. The van der Waals surface area contributed by atoms with Crippen LogP contribution in [-0.2, 0) is 26.8 Å². The fraction of sp³-hybridized carbons (Fsp3) is 0.0952. The quantitative estimate of drug-likeness (QED) is 0.398. The molecule has 0 saturated carbocycles. The van der Waals surface area contributed by atoms with Gasteiger partial charge in [0.1, 0.15) is 11.5 Å². The molecule has 1 N–H and O–H groups in total. The molecular formula is C21H19O6P. The predicted octanol–water partition coefficient (Wildman–Crippen LogP) is 5.13. The highest BCUT2D eigenvalue weighted by atomic mass is 31.2. The minimum absolute atomic E-state index is 0.0118. The van der Waals surface area contributed by atoms with Gasteiger partial charge in [-0.05, 0) is 23.3 Å². The van der Waals surface area contributed by atoms with E-state index in [9.17, 15) is 14.5 Å². The molecule has 0 atom stereocenters. The topological polar surface area (TPSA) is 82.1 Å². The van der Waals surface area contributed by atoms with Crippen LogP contribution in [0.1, 0.15) is 21.5 Å². The number of carbonyl (C=O) groups is 1. The van der Waals surface area contributed by atoms with Crippen LogP contribution >= 0.6 is 7.82 Å². The number of hydrogen-bond acceptors (Lipinski definition) is 6. The van der Waals surface area contributed by atoms with Crippen molar-refractivity contribution >= 4 is 14.1 Å². The Hall–Kier alpha value is -2.92. The zero-order chi connectivity index (χ0) is 19.8. The van der Waals surface area contributed by atoms with Crippen LogP contribution in [0.25, 0.3) is 0 Å². The summed E-state index contributed by atoms with van der Waals surface area (Å²) < 4.78 is 29.7. The number of aldehydes is 1. The number of carbonyl (C=O) groups excluding carboxylic acids is 1. The van der Waals surface area contributed by atoms with Gasteiger partial charge in [0, 0.05) is 0 Å². The van der Waals surface area contributed by atoms with E-state index < -0.39 is 7.82 Å². The molecule has 0 unspecified atom stereocenters. The summed E-state index contributed by atoms with van der Waals surface area (Å²) in [5, 5.41) is 9.82. The van der Waals surface area contributed by atoms with Gasteiger partial charge in [-0.15, -0.1) is 0 Å². The SMILES string of the molecule is O=Cc1c(O)cccc1OP(=O)(OCc1ccccc1)OCc1ccccc1. The van der Waals surface area contributed by atoms with Gasteiger partial charge in [-0.1, -0.05) is 66.7 Å². The summed E-state index contributed by atoms with van der Waals surface area (Å²) in [6.07, 6.45) is 0.420. The van der Waals surface area contributed by atoms with Crippen LogP contribution in [0, 0.1) is 0 Å². The maximum atomic E-state index is 13.2. The average Bonchev–Trinajstić information content (AvgIpc) is 2.73. The lowest BCUT2D eigenvalue weighted by Crippen LogP contribution is -2.05. The van der Waals surface area contributed by atoms with E-state index in [2.05, 4.69) is 0 Å². The van der Waals surface area contributed by atoms with Crippen LogP contribution in [0.2, 0.25) is 0 Å². The number of hydrogen-bond donors (Lipinski definition) is 1. The Balaban J connectivity index is 1.81. The van der Waals surface area contributed by atoms with E-state index >= 15 is 0 Å². The van der Waals surface area contributed by atoms with Crippen LogP contribution in [0.4, 0.5) is 0 Å². The summed E-state index contributed by atoms with van der Waals surface area (Å²) in [5.74, 6) is -0.371. The summed E-state index contributed by atoms with van der Waals surface area (Å²) >= 11 is 0. The molecular weight excluding hydrogens is 379 g/mol. The van der Waals surface area contributed by atoms with Gasteiger partial charge in [0.15, 0.2) is 6.29 Å². The Morgan fingerprint density at radius 3 is 1.82 bits per heavy atom. The molecule has 28 heavy (non-hydrogen) atoms. The van der Waals surface area contributed by atoms with Crippen LogP contribution < -0.4 is 4.52 Å². The van der Waals surface area contributed by atoms with Gasteiger partial charge in [-0.3, -0.25) is 13.8 Å². The summed E-state index contributed by atoms with van der Waals surface area (Å²) in [6.45, 7) is -0.0235. The molecule has 0 aliphatic heterocycles. The molecule has 3 aromatic carbocycles. The minimum Gasteiger partial charge on any atom is -0.507 e. The summed E-state index contributed by atoms with van der Waals surface area (Å²) in [5.41, 5.74) is 1.43. The molecule has 0 radical (unpaired) electrons. The van der Waals surface area contributed by atoms with Gasteiger partial charge in [0.25, 0.3) is 0 Å². The highest BCUT2D eigenvalue weighted by Gasteiger charge is 2.30. The van der Waals surface area contributed by atoms with E-state index in [1.807, 2.05) is 60.7 Å². The molecule has 6 nitrogen and oxygen atoms in total. The molecule has 0 saturated heterocycles. The molecule has 0 bridgehead atoms. The zero-order valence-corrected chi connectivity index (χ0v) is 15.8. The lowest BCUT2D eigenvalue weighted by molar-refractivity contribution is 0.111. The highest BCUT2D eigenvalue weighted by Crippen LogP contribution is 2.52. The number of aromatic hydroxyl groups is 1. The van der Waals surface area contributed by atoms with Gasteiger partial charge in [0.2, 0.25) is 0 Å². The molecule has 7 heteroatoms. The molecule has 0 aliphatic rings. The summed E-state index contributed by atoms with van der Waals surface area (Å²) in [7, 11) is -4.10. The van der Waals surface area contributed by atoms with Gasteiger partial charge >= 0.3 is 7.82 Å². The van der Waals surface area contributed by atoms with Crippen LogP contribution in [0.15, 0.2) is 78.9 Å². The van der Waals surface area contributed by atoms with Crippen LogP contribution in [-0.4, -0.2) is 11.4 Å². The van der Waals surface area contributed by atoms with Gasteiger partial charge in [0.05, 0.1) is 18.8 Å². The van der Waals surface area contributed by atoms with Crippen molar-refractivity contribution in [2.24, 2.45) is 0 Å². The maximum Gasteiger partial charge on any atom is 0.530 e. The van der Waals surface area contributed by atoms with Crippen molar-refractivity contribution < 1.29 is 28.0 Å². The summed E-state index contributed by atoms with van der Waals surface area (Å²) in [6, 6.07) is 22.5. The molecule has 0 aliphatic carbocycles. The second-order valence-electron chi connectivity index (χ2n) is 5.86. The lowest BCUT2D eigenvalue weighted by atomic mass is 10.2. The number of benzene rings is 3. The average molecular weight is 398 g/mol. The molecule has 3 aromatic rings. The van der Waals surface area contributed by atoms with E-state index in [0.29, 0.717) is 6.29 Å². The number of phenols is 1. The first-order chi connectivity index (χ1) is 13.6. The molecule has 0 fully saturated rings. The Morgan fingerprint density at radius 2 is 1.32 bits per heavy atom. The first-order valence-electron chi connectivity index (χ1n) is 8.53. The molecule has 3 rings (SSSR count). The number of phosphoric ester groups is 1. The number of rotatable bonds is 9. The van der Waals surface area contributed by atoms with E-state index in [0.717, 1.165) is 11.1 Å². The highest BCUT2D eigenvalue weighted by molar-refractivity contribution is 7.48. The van der Waals surface area contributed by atoms with Crippen LogP contribution in [0.5, 0.6) is 11.5 Å². The molecule has 0 spiro atoms. The van der Waals surface area contributed by atoms with Crippen LogP contribution in [0.3, 0.4) is 0 Å². The largest absolute Gasteiger partial charge is 0.530 e. The van der Waals surface area contributed by atoms with Gasteiger partial charge < -0.3 is 9.63 Å². The molecule has 0 aromatic heterocycles. The predicted molar refractivity (Wildman–Crippen MR) is 104 cm³/mol. The zero-order valence-electron chi connectivity index (χ0n) is 14.9. The van der Waals surface area contributed by atoms with Crippen molar-refractivity contribution in [3.63, 3.8) is 0 Å². The Bertz CT molecular complexity index is 912. The Morgan fingerprint density at radius 1 is 0.786 bits per heavy atom. The standard InChI is InChI=1S/C21H19O6P/c22-14-19-20(23)12-7-13-21(19)27-28(24,25-15-17-8-3-1-4-9-17)26-16-18-10-5-2-6-11-18/h1-14,23H,15-16H2. The smallest absolute Gasteiger partial charge is 0.507 e. The second kappa shape index (κ2) is 9.33.